The van der Waals surface area contributed by atoms with Gasteiger partial charge in [-0.1, -0.05) is 28.9 Å². The number of halogens is 1. The van der Waals surface area contributed by atoms with Crippen LogP contribution in [0, 0.1) is 11.3 Å². The molecule has 1 aromatic rings. The third kappa shape index (κ3) is 2.37. The number of alkyl halides is 1. The van der Waals surface area contributed by atoms with E-state index in [1.807, 2.05) is 19.1 Å². The maximum absolute atomic E-state index is 11.0. The van der Waals surface area contributed by atoms with E-state index in [4.69, 9.17) is 10.4 Å². The SMILES string of the molecule is CCc1cc(CBr)cc(C#N)c1C(=O)O. The molecule has 0 fully saturated rings. The molecule has 0 aliphatic carbocycles. The molecule has 0 radical (unpaired) electrons. The van der Waals surface area contributed by atoms with Gasteiger partial charge in [-0.25, -0.2) is 4.79 Å². The van der Waals surface area contributed by atoms with Gasteiger partial charge < -0.3 is 5.11 Å². The molecule has 0 aromatic heterocycles. The number of aromatic carboxylic acids is 1. The normalized spacial score (nSPS) is 9.67. The lowest BCUT2D eigenvalue weighted by Gasteiger charge is -2.07. The molecule has 0 bridgehead atoms. The summed E-state index contributed by atoms with van der Waals surface area (Å²) in [5, 5.41) is 18.5. The monoisotopic (exact) mass is 267 g/mol. The van der Waals surface area contributed by atoms with Crippen LogP contribution in [0.25, 0.3) is 0 Å². The summed E-state index contributed by atoms with van der Waals surface area (Å²) in [5.74, 6) is -1.04. The Morgan fingerprint density at radius 2 is 2.27 bits per heavy atom. The van der Waals surface area contributed by atoms with E-state index in [0.29, 0.717) is 17.3 Å². The van der Waals surface area contributed by atoms with Crippen LogP contribution in [-0.2, 0) is 11.8 Å². The van der Waals surface area contributed by atoms with E-state index in [-0.39, 0.29) is 11.1 Å². The first kappa shape index (κ1) is 11.7. The van der Waals surface area contributed by atoms with E-state index in [1.165, 1.54) is 0 Å². The van der Waals surface area contributed by atoms with Crippen molar-refractivity contribution in [3.63, 3.8) is 0 Å². The predicted molar refractivity (Wildman–Crippen MR) is 60.1 cm³/mol. The molecule has 15 heavy (non-hydrogen) atoms. The van der Waals surface area contributed by atoms with Crippen LogP contribution in [0.2, 0.25) is 0 Å². The molecule has 0 heterocycles. The Bertz CT molecular complexity index is 435. The summed E-state index contributed by atoms with van der Waals surface area (Å²) in [6.07, 6.45) is 0.608. The number of nitrogens with zero attached hydrogens (tertiary/aromatic N) is 1. The van der Waals surface area contributed by atoms with Crippen LogP contribution in [0.3, 0.4) is 0 Å². The summed E-state index contributed by atoms with van der Waals surface area (Å²) in [5.41, 5.74) is 1.99. The molecule has 1 N–H and O–H groups in total. The third-order valence-corrected chi connectivity index (χ3v) is 2.80. The van der Waals surface area contributed by atoms with Crippen LogP contribution in [0.1, 0.15) is 34.0 Å². The van der Waals surface area contributed by atoms with E-state index in [9.17, 15) is 4.79 Å². The lowest BCUT2D eigenvalue weighted by molar-refractivity contribution is 0.0695. The number of benzene rings is 1. The molecule has 0 saturated heterocycles. The summed E-state index contributed by atoms with van der Waals surface area (Å²) in [7, 11) is 0. The molecule has 0 atom stereocenters. The van der Waals surface area contributed by atoms with Crippen molar-refractivity contribution in [2.24, 2.45) is 0 Å². The quantitative estimate of drug-likeness (QED) is 0.857. The zero-order valence-electron chi connectivity index (χ0n) is 8.25. The maximum atomic E-state index is 11.0. The lowest BCUT2D eigenvalue weighted by atomic mass is 9.97. The minimum Gasteiger partial charge on any atom is -0.478 e. The van der Waals surface area contributed by atoms with E-state index in [1.54, 1.807) is 6.07 Å². The van der Waals surface area contributed by atoms with Crippen molar-refractivity contribution < 1.29 is 9.90 Å². The Balaban J connectivity index is 3.48. The number of carboxylic acid groups (broad SMARTS) is 1. The molecule has 0 saturated carbocycles. The average Bonchev–Trinajstić information content (AvgIpc) is 2.26. The van der Waals surface area contributed by atoms with Crippen molar-refractivity contribution in [2.75, 3.05) is 0 Å². The number of carboxylic acids is 1. The highest BCUT2D eigenvalue weighted by Gasteiger charge is 2.15. The van der Waals surface area contributed by atoms with Crippen molar-refractivity contribution in [2.45, 2.75) is 18.7 Å². The van der Waals surface area contributed by atoms with E-state index in [0.717, 1.165) is 5.56 Å². The summed E-state index contributed by atoms with van der Waals surface area (Å²) in [4.78, 5) is 11.0. The summed E-state index contributed by atoms with van der Waals surface area (Å²) in [6, 6.07) is 5.35. The smallest absolute Gasteiger partial charge is 0.337 e. The van der Waals surface area contributed by atoms with Crippen LogP contribution in [-0.4, -0.2) is 11.1 Å². The highest BCUT2D eigenvalue weighted by Crippen LogP contribution is 2.19. The van der Waals surface area contributed by atoms with Gasteiger partial charge >= 0.3 is 5.97 Å². The van der Waals surface area contributed by atoms with Crippen molar-refractivity contribution in [1.82, 2.24) is 0 Å². The first-order valence-corrected chi connectivity index (χ1v) is 5.61. The van der Waals surface area contributed by atoms with Crippen LogP contribution in [0.15, 0.2) is 12.1 Å². The first-order chi connectivity index (χ1) is 7.13. The number of hydrogen-bond donors (Lipinski definition) is 1. The Labute approximate surface area is 96.5 Å². The minimum absolute atomic E-state index is 0.129. The molecular weight excluding hydrogens is 258 g/mol. The second kappa shape index (κ2) is 4.94. The molecule has 0 unspecified atom stereocenters. The largest absolute Gasteiger partial charge is 0.478 e. The molecule has 0 amide bonds. The molecular formula is C11H10BrNO2. The fourth-order valence-electron chi connectivity index (χ4n) is 1.46. The molecule has 1 aromatic carbocycles. The number of rotatable bonds is 3. The van der Waals surface area contributed by atoms with E-state index < -0.39 is 5.97 Å². The van der Waals surface area contributed by atoms with Crippen molar-refractivity contribution >= 4 is 21.9 Å². The van der Waals surface area contributed by atoms with Gasteiger partial charge in [0.25, 0.3) is 0 Å². The Morgan fingerprint density at radius 1 is 1.60 bits per heavy atom. The standard InChI is InChI=1S/C11H10BrNO2/c1-2-8-3-7(5-12)4-9(6-13)10(8)11(14)15/h3-4H,2,5H2,1H3,(H,14,15). The lowest BCUT2D eigenvalue weighted by Crippen LogP contribution is -2.06. The topological polar surface area (TPSA) is 61.1 Å². The molecule has 4 heteroatoms. The van der Waals surface area contributed by atoms with E-state index >= 15 is 0 Å². The molecule has 3 nitrogen and oxygen atoms in total. The second-order valence-electron chi connectivity index (χ2n) is 3.08. The van der Waals surface area contributed by atoms with Gasteiger partial charge in [0.1, 0.15) is 6.07 Å². The number of aryl methyl sites for hydroxylation is 1. The van der Waals surface area contributed by atoms with Gasteiger partial charge in [0.05, 0.1) is 11.1 Å². The molecule has 0 aliphatic heterocycles. The van der Waals surface area contributed by atoms with Crippen LogP contribution >= 0.6 is 15.9 Å². The summed E-state index contributed by atoms with van der Waals surface area (Å²) < 4.78 is 0. The van der Waals surface area contributed by atoms with Crippen molar-refractivity contribution in [3.8, 4) is 6.07 Å². The number of nitriles is 1. The first-order valence-electron chi connectivity index (χ1n) is 4.49. The van der Waals surface area contributed by atoms with Gasteiger partial charge in [-0.15, -0.1) is 0 Å². The summed E-state index contributed by atoms with van der Waals surface area (Å²) >= 11 is 3.29. The molecule has 0 aliphatic rings. The van der Waals surface area contributed by atoms with Crippen LogP contribution < -0.4 is 0 Å². The Kier molecular flexibility index (Phi) is 3.87. The maximum Gasteiger partial charge on any atom is 0.337 e. The Hall–Kier alpha value is -1.34. The highest BCUT2D eigenvalue weighted by molar-refractivity contribution is 9.08. The average molecular weight is 268 g/mol. The van der Waals surface area contributed by atoms with E-state index in [2.05, 4.69) is 15.9 Å². The van der Waals surface area contributed by atoms with Crippen LogP contribution in [0.5, 0.6) is 0 Å². The molecule has 1 rings (SSSR count). The predicted octanol–water partition coefficient (Wildman–Crippen LogP) is 2.71. The fraction of sp³-hybridized carbons (Fsp3) is 0.273. The second-order valence-corrected chi connectivity index (χ2v) is 3.64. The van der Waals surface area contributed by atoms with Gasteiger partial charge in [0.2, 0.25) is 0 Å². The van der Waals surface area contributed by atoms with Gasteiger partial charge in [-0.2, -0.15) is 5.26 Å². The van der Waals surface area contributed by atoms with Crippen molar-refractivity contribution in [3.05, 3.63) is 34.4 Å². The van der Waals surface area contributed by atoms with Crippen molar-refractivity contribution in [1.29, 1.82) is 5.26 Å². The van der Waals surface area contributed by atoms with Gasteiger partial charge in [-0.3, -0.25) is 0 Å². The number of hydrogen-bond acceptors (Lipinski definition) is 2. The minimum atomic E-state index is -1.04. The van der Waals surface area contributed by atoms with Gasteiger partial charge in [0.15, 0.2) is 0 Å². The molecule has 0 spiro atoms. The molecule has 78 valence electrons. The summed E-state index contributed by atoms with van der Waals surface area (Å²) in [6.45, 7) is 1.88. The number of carbonyl (C=O) groups is 1. The zero-order valence-corrected chi connectivity index (χ0v) is 9.84. The highest BCUT2D eigenvalue weighted by atomic mass is 79.9. The Morgan fingerprint density at radius 3 is 2.67 bits per heavy atom. The zero-order chi connectivity index (χ0) is 11.4. The fourth-order valence-corrected chi connectivity index (χ4v) is 1.79. The van der Waals surface area contributed by atoms with Gasteiger partial charge in [-0.05, 0) is 23.6 Å². The third-order valence-electron chi connectivity index (χ3n) is 2.15. The van der Waals surface area contributed by atoms with Crippen LogP contribution in [0.4, 0.5) is 0 Å². The van der Waals surface area contributed by atoms with Gasteiger partial charge in [0, 0.05) is 5.33 Å².